The van der Waals surface area contributed by atoms with Gasteiger partial charge in [0.2, 0.25) is 0 Å². The molecule has 0 amide bonds. The van der Waals surface area contributed by atoms with Gasteiger partial charge in [-0.15, -0.1) is 0 Å². The average molecular weight is 633 g/mol. The Bertz CT molecular complexity index is 1710. The number of anilines is 1. The van der Waals surface area contributed by atoms with Crippen LogP contribution in [-0.2, 0) is 17.2 Å². The summed E-state index contributed by atoms with van der Waals surface area (Å²) in [6.07, 6.45) is 6.88. The van der Waals surface area contributed by atoms with Crippen molar-refractivity contribution in [2.24, 2.45) is 7.05 Å². The molecule has 10 heteroatoms. The Morgan fingerprint density at radius 1 is 1.24 bits per heavy atom. The SMILES string of the molecule is COc1cc2c(cc1C)N(CCCS(=O)(=O)O)/C(=C/C(=C/c1sc3ccc4ccccc4c3[n+]1C)SC)[Se]2. The number of rotatable bonds is 8. The number of aromatic nitrogens is 1. The molecule has 0 bridgehead atoms. The molecule has 0 saturated carbocycles. The number of nitrogens with zero attached hydrogens (tertiary/aromatic N) is 2. The van der Waals surface area contributed by atoms with Gasteiger partial charge in [-0.2, -0.15) is 0 Å². The topological polar surface area (TPSA) is 70.7 Å². The van der Waals surface area contributed by atoms with Crippen LogP contribution >= 0.6 is 23.1 Å². The number of hydrogen-bond donors (Lipinski definition) is 1. The molecule has 1 aromatic heterocycles. The van der Waals surface area contributed by atoms with Crippen molar-refractivity contribution >= 4 is 85.4 Å². The van der Waals surface area contributed by atoms with Crippen molar-refractivity contribution in [1.82, 2.24) is 0 Å². The first-order chi connectivity index (χ1) is 18.2. The molecule has 0 unspecified atom stereocenters. The van der Waals surface area contributed by atoms with Crippen LogP contribution < -0.4 is 18.7 Å². The number of allylic oxidation sites excluding steroid dienone is 1. The Morgan fingerprint density at radius 3 is 2.76 bits per heavy atom. The third-order valence-electron chi connectivity index (χ3n) is 6.54. The number of hydrogen-bond acceptors (Lipinski definition) is 6. The van der Waals surface area contributed by atoms with E-state index in [4.69, 9.17) is 4.74 Å². The molecule has 38 heavy (non-hydrogen) atoms. The summed E-state index contributed by atoms with van der Waals surface area (Å²) >= 11 is 3.50. The molecule has 1 aliphatic heterocycles. The summed E-state index contributed by atoms with van der Waals surface area (Å²) in [6, 6.07) is 17.1. The van der Waals surface area contributed by atoms with E-state index in [1.807, 2.05) is 6.92 Å². The van der Waals surface area contributed by atoms with Gasteiger partial charge in [-0.3, -0.25) is 0 Å². The number of aryl methyl sites for hydroxylation is 2. The molecule has 1 N–H and O–H groups in total. The van der Waals surface area contributed by atoms with E-state index in [0.29, 0.717) is 13.0 Å². The molecule has 0 fully saturated rings. The van der Waals surface area contributed by atoms with Crippen LogP contribution in [0.4, 0.5) is 5.69 Å². The van der Waals surface area contributed by atoms with E-state index in [1.165, 1.54) is 25.5 Å². The van der Waals surface area contributed by atoms with Crippen molar-refractivity contribution in [1.29, 1.82) is 0 Å². The Morgan fingerprint density at radius 2 is 2.03 bits per heavy atom. The number of benzene rings is 3. The molecule has 0 saturated heterocycles. The second kappa shape index (κ2) is 11.0. The van der Waals surface area contributed by atoms with Gasteiger partial charge in [0.1, 0.15) is 0 Å². The van der Waals surface area contributed by atoms with Crippen molar-refractivity contribution in [2.75, 3.05) is 30.6 Å². The molecule has 0 atom stereocenters. The van der Waals surface area contributed by atoms with Gasteiger partial charge < -0.3 is 0 Å². The fraction of sp³-hybridized carbons (Fsp3) is 0.250. The third kappa shape index (κ3) is 5.52. The minimum atomic E-state index is -4.01. The van der Waals surface area contributed by atoms with E-state index in [2.05, 4.69) is 83.5 Å². The summed E-state index contributed by atoms with van der Waals surface area (Å²) in [4.78, 5) is 3.33. The van der Waals surface area contributed by atoms with Gasteiger partial charge in [-0.25, -0.2) is 0 Å². The van der Waals surface area contributed by atoms with Gasteiger partial charge in [0, 0.05) is 0 Å². The molecule has 0 aliphatic carbocycles. The summed E-state index contributed by atoms with van der Waals surface area (Å²) in [5.41, 5.74) is 3.36. The maximum absolute atomic E-state index is 11.4. The second-order valence-corrected chi connectivity index (χ2v) is 14.8. The van der Waals surface area contributed by atoms with Crippen LogP contribution in [0.25, 0.3) is 27.1 Å². The summed E-state index contributed by atoms with van der Waals surface area (Å²) in [5, 5.41) is 3.64. The van der Waals surface area contributed by atoms with Gasteiger partial charge in [0.15, 0.2) is 0 Å². The van der Waals surface area contributed by atoms with Crippen LogP contribution in [0.5, 0.6) is 5.75 Å². The Kier molecular flexibility index (Phi) is 7.91. The zero-order chi connectivity index (χ0) is 27.0. The van der Waals surface area contributed by atoms with Gasteiger partial charge in [0.05, 0.1) is 0 Å². The molecule has 2 heterocycles. The predicted octanol–water partition coefficient (Wildman–Crippen LogP) is 4.87. The van der Waals surface area contributed by atoms with Crippen LogP contribution in [-0.4, -0.2) is 53.6 Å². The van der Waals surface area contributed by atoms with Crippen molar-refractivity contribution in [3.05, 3.63) is 74.7 Å². The van der Waals surface area contributed by atoms with E-state index < -0.39 is 10.1 Å². The third-order valence-corrected chi connectivity index (χ3v) is 11.5. The van der Waals surface area contributed by atoms with Crippen LogP contribution in [0.1, 0.15) is 17.0 Å². The summed E-state index contributed by atoms with van der Waals surface area (Å²) < 4.78 is 43.5. The summed E-state index contributed by atoms with van der Waals surface area (Å²) in [5.74, 6) is 0.598. The Labute approximate surface area is 237 Å². The van der Waals surface area contributed by atoms with E-state index in [0.717, 1.165) is 31.5 Å². The number of ether oxygens (including phenoxy) is 1. The van der Waals surface area contributed by atoms with Crippen molar-refractivity contribution in [3.8, 4) is 5.75 Å². The monoisotopic (exact) mass is 633 g/mol. The molecule has 0 spiro atoms. The van der Waals surface area contributed by atoms with E-state index in [1.54, 1.807) is 30.2 Å². The summed E-state index contributed by atoms with van der Waals surface area (Å²) in [7, 11) is -0.209. The molecule has 198 valence electrons. The van der Waals surface area contributed by atoms with E-state index >= 15 is 0 Å². The van der Waals surface area contributed by atoms with Gasteiger partial charge in [-0.05, 0) is 0 Å². The van der Waals surface area contributed by atoms with Crippen molar-refractivity contribution in [2.45, 2.75) is 13.3 Å². The molecule has 3 aromatic carbocycles. The predicted molar refractivity (Wildman–Crippen MR) is 162 cm³/mol. The normalized spacial score (nSPS) is 15.1. The average Bonchev–Trinajstić information content (AvgIpc) is 3.38. The number of methoxy groups -OCH3 is 1. The number of thiazole rings is 1. The Balaban J connectivity index is 1.54. The molecule has 1 aliphatic rings. The van der Waals surface area contributed by atoms with Crippen LogP contribution in [0.15, 0.2) is 64.1 Å². The van der Waals surface area contributed by atoms with Gasteiger partial charge in [0.25, 0.3) is 0 Å². The Hall–Kier alpha value is -2.33. The van der Waals surface area contributed by atoms with Crippen LogP contribution in [0.3, 0.4) is 0 Å². The fourth-order valence-corrected chi connectivity index (χ4v) is 9.41. The first-order valence-corrected chi connectivity index (χ1v) is 17.4. The number of fused-ring (bicyclic) bond motifs is 4. The van der Waals surface area contributed by atoms with E-state index in [-0.39, 0.29) is 20.7 Å². The van der Waals surface area contributed by atoms with Crippen LogP contribution in [0.2, 0.25) is 0 Å². The zero-order valence-corrected chi connectivity index (χ0v) is 25.8. The van der Waals surface area contributed by atoms with Crippen molar-refractivity contribution in [3.63, 3.8) is 0 Å². The standard InChI is InChI=1S/C28H28N2O4S3Se/c1-18-14-22-25(17-23(18)34-3)38-27(30(22)12-7-13-37(31,32)33)16-20(35-4)15-26-29(2)28-21-9-6-5-8-19(21)10-11-24(28)36-26/h5-6,8-11,14-17H,7,12-13H2,1-4H3/p+1. The maximum atomic E-state index is 11.4. The summed E-state index contributed by atoms with van der Waals surface area (Å²) in [6.45, 7) is 2.53. The molecule has 6 nitrogen and oxygen atoms in total. The quantitative estimate of drug-likeness (QED) is 0.170. The molecular formula is C28H29N2O4S3Se+. The van der Waals surface area contributed by atoms with Crippen molar-refractivity contribution < 1.29 is 22.3 Å². The molecular weight excluding hydrogens is 603 g/mol. The first-order valence-electron chi connectivity index (χ1n) is 12.1. The fourth-order valence-electron chi connectivity index (χ4n) is 4.68. The van der Waals surface area contributed by atoms with E-state index in [9.17, 15) is 13.0 Å². The zero-order valence-electron chi connectivity index (χ0n) is 21.6. The molecule has 0 radical (unpaired) electrons. The van der Waals surface area contributed by atoms with Gasteiger partial charge >= 0.3 is 239 Å². The second-order valence-electron chi connectivity index (χ2n) is 9.05. The minimum absolute atomic E-state index is 0.0295. The number of thioether (sulfide) groups is 1. The van der Waals surface area contributed by atoms with Crippen LogP contribution in [0, 0.1) is 6.92 Å². The molecule has 4 aromatic rings. The van der Waals surface area contributed by atoms with Gasteiger partial charge in [-0.1, -0.05) is 0 Å². The molecule has 5 rings (SSSR count). The first kappa shape index (κ1) is 27.2.